The van der Waals surface area contributed by atoms with Crippen molar-refractivity contribution in [3.63, 3.8) is 0 Å². The fourth-order valence-corrected chi connectivity index (χ4v) is 4.63. The molecule has 2 rings (SSSR count). The maximum Gasteiger partial charge on any atom is 0.162 e. The Kier molecular flexibility index (Phi) is 7.69. The number of rotatable bonds is 8. The highest BCUT2D eigenvalue weighted by atomic mass is 35.5. The highest BCUT2D eigenvalue weighted by molar-refractivity contribution is 6.56. The second-order valence-electron chi connectivity index (χ2n) is 7.11. The van der Waals surface area contributed by atoms with Crippen LogP contribution >= 0.6 is 23.2 Å². The van der Waals surface area contributed by atoms with Crippen molar-refractivity contribution in [1.29, 1.82) is 0 Å². The number of Topliss-reactive ketones (excluding diaryl/α,β-unsaturated/α-hetero) is 1. The van der Waals surface area contributed by atoms with Crippen molar-refractivity contribution in [3.8, 4) is 0 Å². The number of halogens is 2. The molecular formula is C20H30Cl2O. The van der Waals surface area contributed by atoms with Crippen molar-refractivity contribution in [2.24, 2.45) is 11.8 Å². The molecule has 0 bridgehead atoms. The average molecular weight is 357 g/mol. The normalized spacial score (nSPS) is 24.3. The number of ketones is 1. The minimum absolute atomic E-state index is 0.242. The van der Waals surface area contributed by atoms with Gasteiger partial charge in [0.25, 0.3) is 0 Å². The first-order chi connectivity index (χ1) is 11.1. The summed E-state index contributed by atoms with van der Waals surface area (Å²) in [5, 5.41) is 0. The molecule has 0 aromatic heterocycles. The maximum atomic E-state index is 12.9. The summed E-state index contributed by atoms with van der Waals surface area (Å²) in [5.74, 6) is 0.966. The largest absolute Gasteiger partial charge is 0.294 e. The molecule has 0 aliphatic heterocycles. The Balaban J connectivity index is 2.00. The molecule has 0 amide bonds. The van der Waals surface area contributed by atoms with Gasteiger partial charge in [0.2, 0.25) is 0 Å². The van der Waals surface area contributed by atoms with Crippen molar-refractivity contribution >= 4 is 29.0 Å². The van der Waals surface area contributed by atoms with Gasteiger partial charge in [-0.15, -0.1) is 0 Å². The summed E-state index contributed by atoms with van der Waals surface area (Å²) in [6.45, 7) is 4.42. The molecule has 2 unspecified atom stereocenters. The van der Waals surface area contributed by atoms with E-state index in [2.05, 4.69) is 13.8 Å². The van der Waals surface area contributed by atoms with E-state index in [1.165, 1.54) is 37.7 Å². The monoisotopic (exact) mass is 356 g/mol. The standard InChI is InChI=1S/C20H30Cl2O/c1-3-5-6-7-8-10-14-11-12-16-15(9-4-2)18(20(21)22)13-17(16)19(14)23/h14-15H,3-13H2,1-2H3. The van der Waals surface area contributed by atoms with Crippen LogP contribution in [0.3, 0.4) is 0 Å². The zero-order valence-corrected chi connectivity index (χ0v) is 16.1. The molecule has 2 aliphatic rings. The van der Waals surface area contributed by atoms with Crippen LogP contribution in [0.1, 0.15) is 84.5 Å². The van der Waals surface area contributed by atoms with Crippen LogP contribution in [0.25, 0.3) is 0 Å². The van der Waals surface area contributed by atoms with Gasteiger partial charge in [-0.2, -0.15) is 0 Å². The minimum Gasteiger partial charge on any atom is -0.294 e. The number of hydrogen-bond donors (Lipinski definition) is 0. The highest BCUT2D eigenvalue weighted by Gasteiger charge is 2.39. The quantitative estimate of drug-likeness (QED) is 0.422. The van der Waals surface area contributed by atoms with E-state index >= 15 is 0 Å². The van der Waals surface area contributed by atoms with Crippen molar-refractivity contribution in [3.05, 3.63) is 21.2 Å². The third-order valence-corrected chi connectivity index (χ3v) is 5.99. The molecule has 0 aromatic rings. The molecule has 23 heavy (non-hydrogen) atoms. The first-order valence-electron chi connectivity index (χ1n) is 9.40. The van der Waals surface area contributed by atoms with E-state index in [-0.39, 0.29) is 5.92 Å². The van der Waals surface area contributed by atoms with Crippen molar-refractivity contribution in [1.82, 2.24) is 0 Å². The Morgan fingerprint density at radius 2 is 1.78 bits per heavy atom. The highest BCUT2D eigenvalue weighted by Crippen LogP contribution is 2.48. The third kappa shape index (κ3) is 4.63. The van der Waals surface area contributed by atoms with Crippen LogP contribution in [0.5, 0.6) is 0 Å². The second-order valence-corrected chi connectivity index (χ2v) is 8.06. The van der Waals surface area contributed by atoms with Gasteiger partial charge >= 0.3 is 0 Å². The summed E-state index contributed by atoms with van der Waals surface area (Å²) in [6.07, 6.45) is 12.4. The Labute approximate surface area is 151 Å². The molecule has 0 heterocycles. The predicted molar refractivity (Wildman–Crippen MR) is 99.9 cm³/mol. The van der Waals surface area contributed by atoms with E-state index in [9.17, 15) is 4.79 Å². The van der Waals surface area contributed by atoms with E-state index in [4.69, 9.17) is 23.2 Å². The fourth-order valence-electron chi connectivity index (χ4n) is 4.23. The lowest BCUT2D eigenvalue weighted by atomic mass is 9.79. The van der Waals surface area contributed by atoms with Crippen molar-refractivity contribution in [2.75, 3.05) is 0 Å². The van der Waals surface area contributed by atoms with Gasteiger partial charge in [0.05, 0.1) is 0 Å². The van der Waals surface area contributed by atoms with Gasteiger partial charge in [-0.05, 0) is 36.8 Å². The number of carbonyl (C=O) groups is 1. The van der Waals surface area contributed by atoms with Gasteiger partial charge in [-0.25, -0.2) is 0 Å². The molecule has 2 aliphatic carbocycles. The van der Waals surface area contributed by atoms with Gasteiger partial charge in [0, 0.05) is 18.3 Å². The number of allylic oxidation sites excluding steroid dienone is 3. The molecule has 130 valence electrons. The van der Waals surface area contributed by atoms with Crippen molar-refractivity contribution < 1.29 is 4.79 Å². The van der Waals surface area contributed by atoms with E-state index in [1.54, 1.807) is 0 Å². The van der Waals surface area contributed by atoms with Gasteiger partial charge in [0.15, 0.2) is 5.78 Å². The maximum absolute atomic E-state index is 12.9. The Hall–Kier alpha value is -0.270. The average Bonchev–Trinajstić information content (AvgIpc) is 2.89. The van der Waals surface area contributed by atoms with Crippen LogP contribution in [0.4, 0.5) is 0 Å². The lowest BCUT2D eigenvalue weighted by Crippen LogP contribution is -2.22. The molecule has 1 nitrogen and oxygen atoms in total. The van der Waals surface area contributed by atoms with E-state index in [0.29, 0.717) is 22.6 Å². The van der Waals surface area contributed by atoms with Crippen LogP contribution in [0, 0.1) is 11.8 Å². The van der Waals surface area contributed by atoms with Crippen LogP contribution in [-0.2, 0) is 4.79 Å². The van der Waals surface area contributed by atoms with Crippen LogP contribution in [0.15, 0.2) is 21.2 Å². The number of hydrogen-bond acceptors (Lipinski definition) is 1. The smallest absolute Gasteiger partial charge is 0.162 e. The SMILES string of the molecule is CCCCCCCC1CCC2=C(CC(=C(Cl)Cl)C2CCC)C1=O. The molecule has 3 heteroatoms. The summed E-state index contributed by atoms with van der Waals surface area (Å²) >= 11 is 12.2. The number of unbranched alkanes of at least 4 members (excludes halogenated alkanes) is 4. The molecule has 0 saturated carbocycles. The van der Waals surface area contributed by atoms with Crippen LogP contribution in [-0.4, -0.2) is 5.78 Å². The van der Waals surface area contributed by atoms with Gasteiger partial charge in [-0.1, -0.05) is 81.1 Å². The van der Waals surface area contributed by atoms with Gasteiger partial charge < -0.3 is 0 Å². The van der Waals surface area contributed by atoms with E-state index < -0.39 is 0 Å². The zero-order chi connectivity index (χ0) is 16.8. The molecule has 0 spiro atoms. The summed E-state index contributed by atoms with van der Waals surface area (Å²) in [5.41, 5.74) is 3.51. The molecule has 0 saturated heterocycles. The summed E-state index contributed by atoms with van der Waals surface area (Å²) < 4.78 is 0.391. The van der Waals surface area contributed by atoms with Gasteiger partial charge in [-0.3, -0.25) is 4.79 Å². The molecule has 0 radical (unpaired) electrons. The molecule has 0 N–H and O–H groups in total. The van der Waals surface area contributed by atoms with E-state index in [0.717, 1.165) is 43.3 Å². The Morgan fingerprint density at radius 3 is 2.43 bits per heavy atom. The summed E-state index contributed by atoms with van der Waals surface area (Å²) in [7, 11) is 0. The lowest BCUT2D eigenvalue weighted by Gasteiger charge is -2.25. The minimum atomic E-state index is 0.242. The second kappa shape index (κ2) is 9.28. The topological polar surface area (TPSA) is 17.1 Å². The van der Waals surface area contributed by atoms with Crippen molar-refractivity contribution in [2.45, 2.75) is 84.5 Å². The lowest BCUT2D eigenvalue weighted by molar-refractivity contribution is -0.120. The van der Waals surface area contributed by atoms with Crippen LogP contribution in [0.2, 0.25) is 0 Å². The third-order valence-electron chi connectivity index (χ3n) is 5.50. The predicted octanol–water partition coefficient (Wildman–Crippen LogP) is 7.13. The van der Waals surface area contributed by atoms with Crippen LogP contribution < -0.4 is 0 Å². The molecule has 0 aromatic carbocycles. The molecule has 0 fully saturated rings. The molecular weight excluding hydrogens is 327 g/mol. The summed E-state index contributed by atoms with van der Waals surface area (Å²) in [6, 6.07) is 0. The Morgan fingerprint density at radius 1 is 1.04 bits per heavy atom. The fraction of sp³-hybridized carbons (Fsp3) is 0.750. The number of carbonyl (C=O) groups excluding carboxylic acids is 1. The zero-order valence-electron chi connectivity index (χ0n) is 14.6. The first kappa shape index (κ1) is 19.1. The molecule has 2 atom stereocenters. The van der Waals surface area contributed by atoms with Gasteiger partial charge in [0.1, 0.15) is 4.49 Å². The first-order valence-corrected chi connectivity index (χ1v) is 10.2. The van der Waals surface area contributed by atoms with E-state index in [1.807, 2.05) is 0 Å². The Bertz CT molecular complexity index is 486. The summed E-state index contributed by atoms with van der Waals surface area (Å²) in [4.78, 5) is 12.9.